The molecule has 0 radical (unpaired) electrons. The van der Waals surface area contributed by atoms with E-state index in [1.807, 2.05) is 36.4 Å². The van der Waals surface area contributed by atoms with Gasteiger partial charge in [-0.15, -0.1) is 11.3 Å². The number of ketones is 1. The molecule has 0 aliphatic heterocycles. The van der Waals surface area contributed by atoms with Gasteiger partial charge in [-0.3, -0.25) is 4.79 Å². The van der Waals surface area contributed by atoms with E-state index < -0.39 is 0 Å². The lowest BCUT2D eigenvalue weighted by atomic mass is 10.1. The highest BCUT2D eigenvalue weighted by Crippen LogP contribution is 2.19. The monoisotopic (exact) mass is 256 g/mol. The Morgan fingerprint density at radius 3 is 2.72 bits per heavy atom. The Balaban J connectivity index is 2.04. The minimum atomic E-state index is 0.0651. The third-order valence-electron chi connectivity index (χ3n) is 2.63. The largest absolute Gasteiger partial charge is 0.293 e. The molecular formula is C14H12N2OS. The van der Waals surface area contributed by atoms with Gasteiger partial charge in [-0.25, -0.2) is 4.98 Å². The molecule has 0 saturated heterocycles. The molecule has 0 bridgehead atoms. The molecular weight excluding hydrogens is 244 g/mol. The van der Waals surface area contributed by atoms with Crippen molar-refractivity contribution in [2.75, 3.05) is 0 Å². The molecule has 0 fully saturated rings. The molecule has 2 rings (SSSR count). The summed E-state index contributed by atoms with van der Waals surface area (Å²) >= 11 is 1.18. The summed E-state index contributed by atoms with van der Waals surface area (Å²) in [5.41, 5.74) is 1.81. The summed E-state index contributed by atoms with van der Waals surface area (Å²) in [7, 11) is 0. The van der Waals surface area contributed by atoms with Crippen LogP contribution in [-0.2, 0) is 6.42 Å². The van der Waals surface area contributed by atoms with E-state index in [1.165, 1.54) is 11.3 Å². The molecule has 1 aromatic heterocycles. The normalized spacial score (nSPS) is 10.0. The summed E-state index contributed by atoms with van der Waals surface area (Å²) in [6.07, 6.45) is 1.18. The second-order valence-electron chi connectivity index (χ2n) is 3.95. The second kappa shape index (κ2) is 5.56. The Labute approximate surface area is 110 Å². The molecule has 0 spiro atoms. The maximum Gasteiger partial charge on any atom is 0.195 e. The van der Waals surface area contributed by atoms with Crippen molar-refractivity contribution in [3.63, 3.8) is 0 Å². The first kappa shape index (κ1) is 12.5. The van der Waals surface area contributed by atoms with Crippen molar-refractivity contribution in [3.05, 3.63) is 51.5 Å². The number of aromatic nitrogens is 1. The average Bonchev–Trinajstić information content (AvgIpc) is 2.78. The van der Waals surface area contributed by atoms with Crippen molar-refractivity contribution in [2.45, 2.75) is 19.8 Å². The van der Waals surface area contributed by atoms with E-state index in [0.717, 1.165) is 12.0 Å². The van der Waals surface area contributed by atoms with E-state index in [-0.39, 0.29) is 5.78 Å². The molecule has 18 heavy (non-hydrogen) atoms. The fraction of sp³-hybridized carbons (Fsp3) is 0.214. The van der Waals surface area contributed by atoms with Crippen LogP contribution in [0.3, 0.4) is 0 Å². The summed E-state index contributed by atoms with van der Waals surface area (Å²) in [6.45, 7) is 1.77. The number of rotatable bonds is 4. The lowest BCUT2D eigenvalue weighted by Gasteiger charge is -2.00. The number of thiazole rings is 1. The fourth-order valence-electron chi connectivity index (χ4n) is 1.72. The van der Waals surface area contributed by atoms with Crippen molar-refractivity contribution < 1.29 is 4.79 Å². The van der Waals surface area contributed by atoms with Gasteiger partial charge >= 0.3 is 0 Å². The van der Waals surface area contributed by atoms with Crippen LogP contribution >= 0.6 is 11.3 Å². The molecule has 0 atom stereocenters. The number of benzene rings is 1. The first-order chi connectivity index (χ1) is 8.70. The van der Waals surface area contributed by atoms with Crippen molar-refractivity contribution in [1.82, 2.24) is 4.98 Å². The van der Waals surface area contributed by atoms with Gasteiger partial charge in [0.2, 0.25) is 0 Å². The number of carbonyl (C=O) groups is 1. The predicted molar refractivity (Wildman–Crippen MR) is 70.7 cm³/mol. The predicted octanol–water partition coefficient (Wildman–Crippen LogP) is 3.14. The van der Waals surface area contributed by atoms with Gasteiger partial charge in [-0.05, 0) is 18.9 Å². The lowest BCUT2D eigenvalue weighted by molar-refractivity contribution is 0.0986. The third-order valence-corrected chi connectivity index (χ3v) is 3.73. The van der Waals surface area contributed by atoms with E-state index in [1.54, 1.807) is 6.92 Å². The first-order valence-electron chi connectivity index (χ1n) is 5.65. The molecule has 0 aliphatic rings. The number of nitrogens with zero attached hydrogens (tertiary/aromatic N) is 2. The Hall–Kier alpha value is -1.99. The minimum Gasteiger partial charge on any atom is -0.293 e. The van der Waals surface area contributed by atoms with E-state index >= 15 is 0 Å². The van der Waals surface area contributed by atoms with E-state index in [2.05, 4.69) is 4.98 Å². The highest BCUT2D eigenvalue weighted by Gasteiger charge is 2.14. The average molecular weight is 256 g/mol. The van der Waals surface area contributed by atoms with Crippen LogP contribution in [0.15, 0.2) is 30.3 Å². The van der Waals surface area contributed by atoms with Crippen LogP contribution in [0.1, 0.15) is 32.4 Å². The van der Waals surface area contributed by atoms with Gasteiger partial charge in [0.15, 0.2) is 10.8 Å². The minimum absolute atomic E-state index is 0.0651. The molecule has 2 aromatic rings. The van der Waals surface area contributed by atoms with Crippen LogP contribution in [0.2, 0.25) is 0 Å². The molecule has 1 heterocycles. The van der Waals surface area contributed by atoms with Crippen LogP contribution in [0.4, 0.5) is 0 Å². The van der Waals surface area contributed by atoms with Gasteiger partial charge in [0.1, 0.15) is 6.07 Å². The Kier molecular flexibility index (Phi) is 3.85. The molecule has 3 nitrogen and oxygen atoms in total. The van der Waals surface area contributed by atoms with Crippen molar-refractivity contribution in [2.24, 2.45) is 0 Å². The topological polar surface area (TPSA) is 53.8 Å². The molecule has 0 aliphatic carbocycles. The van der Waals surface area contributed by atoms with Crippen molar-refractivity contribution >= 4 is 17.1 Å². The van der Waals surface area contributed by atoms with Crippen LogP contribution in [0.5, 0.6) is 0 Å². The molecule has 1 aromatic carbocycles. The van der Waals surface area contributed by atoms with Crippen molar-refractivity contribution in [1.29, 1.82) is 5.26 Å². The summed E-state index contributed by atoms with van der Waals surface area (Å²) in [5, 5.41) is 9.11. The fourth-order valence-corrected chi connectivity index (χ4v) is 2.55. The highest BCUT2D eigenvalue weighted by atomic mass is 32.1. The summed E-state index contributed by atoms with van der Waals surface area (Å²) < 4.78 is 0. The summed E-state index contributed by atoms with van der Waals surface area (Å²) in [4.78, 5) is 16.7. The number of Topliss-reactive ketones (excluding diaryl/α,β-unsaturated/α-hetero) is 1. The van der Waals surface area contributed by atoms with Crippen LogP contribution in [-0.4, -0.2) is 10.8 Å². The van der Waals surface area contributed by atoms with Gasteiger partial charge < -0.3 is 0 Å². The summed E-state index contributed by atoms with van der Waals surface area (Å²) in [5.74, 6) is 0.0651. The maximum atomic E-state index is 12.0. The number of nitriles is 1. The number of hydrogen-bond donors (Lipinski definition) is 0. The molecule has 4 heteroatoms. The molecule has 0 amide bonds. The Morgan fingerprint density at radius 1 is 1.39 bits per heavy atom. The molecule has 0 N–H and O–H groups in total. The smallest absolute Gasteiger partial charge is 0.195 e. The van der Waals surface area contributed by atoms with Gasteiger partial charge in [-0.1, -0.05) is 30.3 Å². The summed E-state index contributed by atoms with van der Waals surface area (Å²) in [6, 6.07) is 11.9. The standard InChI is InChI=1S/C14H12N2OS/c1-10-14(18-13(9-15)16-10)12(17)8-7-11-5-3-2-4-6-11/h2-6H,7-8H2,1H3. The van der Waals surface area contributed by atoms with Crippen LogP contribution < -0.4 is 0 Å². The van der Waals surface area contributed by atoms with E-state index in [9.17, 15) is 4.79 Å². The van der Waals surface area contributed by atoms with Gasteiger partial charge in [0.05, 0.1) is 10.6 Å². The highest BCUT2D eigenvalue weighted by molar-refractivity contribution is 7.14. The zero-order valence-electron chi connectivity index (χ0n) is 10.0. The zero-order valence-corrected chi connectivity index (χ0v) is 10.8. The zero-order chi connectivity index (χ0) is 13.0. The number of carbonyl (C=O) groups excluding carboxylic acids is 1. The van der Waals surface area contributed by atoms with Gasteiger partial charge in [0, 0.05) is 6.42 Å². The van der Waals surface area contributed by atoms with Crippen LogP contribution in [0.25, 0.3) is 0 Å². The molecule has 90 valence electrons. The maximum absolute atomic E-state index is 12.0. The lowest BCUT2D eigenvalue weighted by Crippen LogP contribution is -2.00. The SMILES string of the molecule is Cc1nc(C#N)sc1C(=O)CCc1ccccc1. The molecule has 0 saturated carbocycles. The van der Waals surface area contributed by atoms with E-state index in [0.29, 0.717) is 22.0 Å². The van der Waals surface area contributed by atoms with Gasteiger partial charge in [-0.2, -0.15) is 5.26 Å². The quantitative estimate of drug-likeness (QED) is 0.790. The number of aryl methyl sites for hydroxylation is 2. The van der Waals surface area contributed by atoms with E-state index in [4.69, 9.17) is 5.26 Å². The van der Waals surface area contributed by atoms with Crippen molar-refractivity contribution in [3.8, 4) is 6.07 Å². The van der Waals surface area contributed by atoms with Gasteiger partial charge in [0.25, 0.3) is 0 Å². The number of hydrogen-bond acceptors (Lipinski definition) is 4. The van der Waals surface area contributed by atoms with Crippen LogP contribution in [0, 0.1) is 18.3 Å². The second-order valence-corrected chi connectivity index (χ2v) is 4.95. The molecule has 0 unspecified atom stereocenters. The Morgan fingerprint density at radius 2 is 2.11 bits per heavy atom. The Bertz CT molecular complexity index is 596. The first-order valence-corrected chi connectivity index (χ1v) is 6.47. The third kappa shape index (κ3) is 2.82.